The Balaban J connectivity index is 1.01. The molecule has 0 spiro atoms. The predicted octanol–water partition coefficient (Wildman–Crippen LogP) is 15.3. The van der Waals surface area contributed by atoms with Crippen molar-refractivity contribution in [2.75, 3.05) is 0 Å². The lowest BCUT2D eigenvalue weighted by atomic mass is 9.97. The minimum absolute atomic E-state index is 0.556. The number of furan rings is 1. The van der Waals surface area contributed by atoms with Crippen molar-refractivity contribution >= 4 is 97.1 Å². The van der Waals surface area contributed by atoms with Crippen molar-refractivity contribution in [1.29, 1.82) is 0 Å². The lowest BCUT2D eigenvalue weighted by Crippen LogP contribution is -2.06. The van der Waals surface area contributed by atoms with Crippen molar-refractivity contribution in [3.05, 3.63) is 200 Å². The van der Waals surface area contributed by atoms with Crippen molar-refractivity contribution in [3.63, 3.8) is 0 Å². The van der Waals surface area contributed by atoms with Crippen molar-refractivity contribution in [3.8, 4) is 45.5 Å². The second-order valence-corrected chi connectivity index (χ2v) is 17.4. The normalized spacial score (nSPS) is 12.1. The van der Waals surface area contributed by atoms with Crippen LogP contribution in [0.1, 0.15) is 0 Å². The molecule has 0 amide bonds. The van der Waals surface area contributed by atoms with Crippen LogP contribution in [0.2, 0.25) is 0 Å². The Kier molecular flexibility index (Phi) is 7.46. The molecule has 0 atom stereocenters. The van der Waals surface area contributed by atoms with Gasteiger partial charge >= 0.3 is 0 Å². The summed E-state index contributed by atoms with van der Waals surface area (Å²) in [6.07, 6.45) is 0. The first-order chi connectivity index (χ1) is 31.7. The van der Waals surface area contributed by atoms with Crippen LogP contribution in [0.5, 0.6) is 0 Å². The fourth-order valence-electron chi connectivity index (χ4n) is 10.0. The summed E-state index contributed by atoms with van der Waals surface area (Å²) < 4.78 is 13.6. The van der Waals surface area contributed by atoms with Gasteiger partial charge in [0.25, 0.3) is 0 Å². The molecule has 64 heavy (non-hydrogen) atoms. The first-order valence-electron chi connectivity index (χ1n) is 21.4. The van der Waals surface area contributed by atoms with Crippen molar-refractivity contribution in [2.45, 2.75) is 0 Å². The molecule has 0 N–H and O–H groups in total. The van der Waals surface area contributed by atoms with Crippen molar-refractivity contribution in [2.24, 2.45) is 0 Å². The average molecular weight is 836 g/mol. The summed E-state index contributed by atoms with van der Waals surface area (Å²) in [7, 11) is 0. The van der Waals surface area contributed by atoms with E-state index in [1.165, 1.54) is 36.5 Å². The summed E-state index contributed by atoms with van der Waals surface area (Å²) in [5.41, 5.74) is 11.2. The van der Waals surface area contributed by atoms with Crippen LogP contribution in [-0.2, 0) is 0 Å². The minimum Gasteiger partial charge on any atom is -0.456 e. The number of hydrogen-bond acceptors (Lipinski definition) is 5. The Hall–Kier alpha value is -8.39. The first kappa shape index (κ1) is 35.2. The fourth-order valence-corrected chi connectivity index (χ4v) is 11.2. The van der Waals surface area contributed by atoms with E-state index in [1.54, 1.807) is 11.3 Å². The van der Waals surface area contributed by atoms with Crippen molar-refractivity contribution < 1.29 is 4.42 Å². The molecule has 5 heterocycles. The van der Waals surface area contributed by atoms with Gasteiger partial charge < -0.3 is 8.98 Å². The zero-order chi connectivity index (χ0) is 41.9. The molecule has 0 saturated carbocycles. The zero-order valence-corrected chi connectivity index (χ0v) is 34.9. The van der Waals surface area contributed by atoms with Gasteiger partial charge in [0.05, 0.1) is 22.1 Å². The third kappa shape index (κ3) is 5.16. The molecule has 6 nitrogen and oxygen atoms in total. The average Bonchev–Trinajstić information content (AvgIpc) is 4.11. The van der Waals surface area contributed by atoms with E-state index in [-0.39, 0.29) is 0 Å². The summed E-state index contributed by atoms with van der Waals surface area (Å²) in [6, 6.07) is 70.8. The van der Waals surface area contributed by atoms with Gasteiger partial charge in [0.2, 0.25) is 5.95 Å². The molecule has 9 aromatic carbocycles. The van der Waals surface area contributed by atoms with Crippen LogP contribution in [0.4, 0.5) is 0 Å². The third-order valence-corrected chi connectivity index (χ3v) is 13.9. The van der Waals surface area contributed by atoms with Gasteiger partial charge in [0.15, 0.2) is 11.6 Å². The van der Waals surface area contributed by atoms with Gasteiger partial charge in [-0.3, -0.25) is 4.57 Å². The van der Waals surface area contributed by atoms with E-state index in [0.29, 0.717) is 17.6 Å². The van der Waals surface area contributed by atoms with Crippen LogP contribution in [0.25, 0.3) is 131 Å². The number of hydrogen-bond donors (Lipinski definition) is 0. The highest BCUT2D eigenvalue weighted by atomic mass is 32.1. The lowest BCUT2D eigenvalue weighted by Gasteiger charge is -2.11. The predicted molar refractivity (Wildman–Crippen MR) is 265 cm³/mol. The zero-order valence-electron chi connectivity index (χ0n) is 34.1. The Labute approximate surface area is 369 Å². The summed E-state index contributed by atoms with van der Waals surface area (Å²) in [4.78, 5) is 16.1. The van der Waals surface area contributed by atoms with E-state index in [1.807, 2.05) is 12.1 Å². The Morgan fingerprint density at radius 1 is 0.359 bits per heavy atom. The van der Waals surface area contributed by atoms with Crippen LogP contribution >= 0.6 is 11.3 Å². The second-order valence-electron chi connectivity index (χ2n) is 16.3. The standard InChI is InChI=1S/C57H33N5OS/c1-2-14-36(15-3-1)61-47-24-10-6-19-42(47)53-37(20-12-25-48(53)61)34-29-31-49-44(32-34)54-43(21-13-26-50(54)63-49)56-58-55(35-28-30-41-40-18-7-11-27-51(40)64-52(41)33-35)59-57(60-56)62-45-22-8-4-16-38(45)39-17-5-9-23-46(39)62/h1-33H. The maximum absolute atomic E-state index is 6.66. The fraction of sp³-hybridized carbons (Fsp3) is 0. The number of thiophene rings is 1. The van der Waals surface area contributed by atoms with Gasteiger partial charge in [-0.15, -0.1) is 11.3 Å². The molecule has 0 aliphatic rings. The van der Waals surface area contributed by atoms with E-state index >= 15 is 0 Å². The summed E-state index contributed by atoms with van der Waals surface area (Å²) in [5, 5.41) is 9.15. The van der Waals surface area contributed by atoms with E-state index < -0.39 is 0 Å². The SMILES string of the molecule is c1ccc(-n2c3ccccc3c3c(-c4ccc5oc6cccc(-c7nc(-c8ccc9c(c8)sc8ccccc89)nc(-n8c9ccccc9c9ccccc98)n7)c6c5c4)cccc32)cc1. The van der Waals surface area contributed by atoms with Gasteiger partial charge in [-0.25, -0.2) is 4.98 Å². The van der Waals surface area contributed by atoms with E-state index in [9.17, 15) is 0 Å². The van der Waals surface area contributed by atoms with Crippen LogP contribution < -0.4 is 0 Å². The molecule has 14 aromatic rings. The molecule has 0 aliphatic carbocycles. The maximum Gasteiger partial charge on any atom is 0.238 e. The molecule has 0 saturated heterocycles. The number of nitrogens with zero attached hydrogens (tertiary/aromatic N) is 5. The van der Waals surface area contributed by atoms with Crippen molar-refractivity contribution in [1.82, 2.24) is 24.1 Å². The summed E-state index contributed by atoms with van der Waals surface area (Å²) in [5.74, 6) is 1.74. The van der Waals surface area contributed by atoms with Crippen LogP contribution in [0.15, 0.2) is 205 Å². The van der Waals surface area contributed by atoms with E-state index in [4.69, 9.17) is 19.4 Å². The van der Waals surface area contributed by atoms with Gasteiger partial charge in [0, 0.05) is 69.3 Å². The molecular formula is C57H33N5OS. The minimum atomic E-state index is 0.556. The van der Waals surface area contributed by atoms with Gasteiger partial charge in [0.1, 0.15) is 11.2 Å². The molecule has 0 aliphatic heterocycles. The highest BCUT2D eigenvalue weighted by molar-refractivity contribution is 7.25. The second kappa shape index (κ2) is 13.6. The highest BCUT2D eigenvalue weighted by Gasteiger charge is 2.22. The number of rotatable bonds is 5. The summed E-state index contributed by atoms with van der Waals surface area (Å²) in [6.45, 7) is 0. The molecule has 5 aromatic heterocycles. The number of fused-ring (bicyclic) bond motifs is 12. The maximum atomic E-state index is 6.66. The van der Waals surface area contributed by atoms with Crippen LogP contribution in [0, 0.1) is 0 Å². The van der Waals surface area contributed by atoms with E-state index in [0.717, 1.165) is 77.2 Å². The van der Waals surface area contributed by atoms with Gasteiger partial charge in [-0.05, 0) is 77.9 Å². The monoisotopic (exact) mass is 835 g/mol. The molecule has 0 fully saturated rings. The summed E-state index contributed by atoms with van der Waals surface area (Å²) >= 11 is 1.79. The molecular weight excluding hydrogens is 803 g/mol. The van der Waals surface area contributed by atoms with Crippen LogP contribution in [-0.4, -0.2) is 24.1 Å². The third-order valence-electron chi connectivity index (χ3n) is 12.8. The molecule has 0 unspecified atom stereocenters. The Bertz CT molecular complexity index is 4160. The highest BCUT2D eigenvalue weighted by Crippen LogP contribution is 2.43. The van der Waals surface area contributed by atoms with Crippen LogP contribution in [0.3, 0.4) is 0 Å². The number of para-hydroxylation sites is 4. The van der Waals surface area contributed by atoms with Gasteiger partial charge in [-0.2, -0.15) is 9.97 Å². The molecule has 7 heteroatoms. The Morgan fingerprint density at radius 2 is 0.984 bits per heavy atom. The topological polar surface area (TPSA) is 61.7 Å². The quantitative estimate of drug-likeness (QED) is 0.173. The number of benzene rings is 9. The van der Waals surface area contributed by atoms with Gasteiger partial charge in [-0.1, -0.05) is 133 Å². The number of aromatic nitrogens is 5. The molecule has 0 bridgehead atoms. The van der Waals surface area contributed by atoms with E-state index in [2.05, 4.69) is 197 Å². The first-order valence-corrected chi connectivity index (χ1v) is 22.3. The smallest absolute Gasteiger partial charge is 0.238 e. The molecule has 0 radical (unpaired) electrons. The molecule has 298 valence electrons. The largest absolute Gasteiger partial charge is 0.456 e. The molecule has 14 rings (SSSR count). The lowest BCUT2D eigenvalue weighted by molar-refractivity contribution is 0.669. The Morgan fingerprint density at radius 3 is 1.80 bits per heavy atom.